The molecule has 0 bridgehead atoms. The summed E-state index contributed by atoms with van der Waals surface area (Å²) in [6, 6.07) is 11.5. The number of carbonyl (C=O) groups excluding carboxylic acids is 1. The fourth-order valence-corrected chi connectivity index (χ4v) is 3.17. The van der Waals surface area contributed by atoms with Crippen LogP contribution in [0, 0.1) is 0 Å². The Morgan fingerprint density at radius 1 is 1.27 bits per heavy atom. The molecular formula is C16H13N3O2S. The molecule has 0 fully saturated rings. The van der Waals surface area contributed by atoms with E-state index >= 15 is 0 Å². The molecule has 1 N–H and O–H groups in total. The van der Waals surface area contributed by atoms with Gasteiger partial charge in [0.25, 0.3) is 5.91 Å². The first-order valence-electron chi connectivity index (χ1n) is 7.05. The highest BCUT2D eigenvalue weighted by Gasteiger charge is 2.14. The Morgan fingerprint density at radius 2 is 2.23 bits per heavy atom. The number of amides is 1. The van der Waals surface area contributed by atoms with Crippen molar-refractivity contribution in [3.63, 3.8) is 0 Å². The Hall–Kier alpha value is -2.47. The number of hydrogen-bond acceptors (Lipinski definition) is 5. The fraction of sp³-hybridized carbons (Fsp3) is 0.188. The quantitative estimate of drug-likeness (QED) is 0.807. The van der Waals surface area contributed by atoms with E-state index in [0.717, 1.165) is 41.6 Å². The number of rotatable bonds is 3. The molecule has 1 amide bonds. The summed E-state index contributed by atoms with van der Waals surface area (Å²) >= 11 is 1.12. The van der Waals surface area contributed by atoms with E-state index in [1.807, 2.05) is 24.3 Å². The van der Waals surface area contributed by atoms with Crippen molar-refractivity contribution in [2.45, 2.75) is 13.0 Å². The molecular weight excluding hydrogens is 298 g/mol. The summed E-state index contributed by atoms with van der Waals surface area (Å²) in [6.45, 7) is 1.23. The van der Waals surface area contributed by atoms with E-state index in [1.165, 1.54) is 5.56 Å². The summed E-state index contributed by atoms with van der Waals surface area (Å²) in [5.74, 6) is 0.823. The van der Waals surface area contributed by atoms with Crippen LogP contribution in [0.15, 0.2) is 36.4 Å². The average molecular weight is 311 g/mol. The number of fused-ring (bicyclic) bond motifs is 2. The van der Waals surface area contributed by atoms with Gasteiger partial charge >= 0.3 is 0 Å². The maximum absolute atomic E-state index is 12.4. The van der Waals surface area contributed by atoms with Crippen molar-refractivity contribution in [3.05, 3.63) is 53.1 Å². The van der Waals surface area contributed by atoms with Crippen LogP contribution in [-0.2, 0) is 13.0 Å². The Labute approximate surface area is 131 Å². The highest BCUT2D eigenvalue weighted by Crippen LogP contribution is 2.25. The summed E-state index contributed by atoms with van der Waals surface area (Å²) in [6.07, 6.45) is 0.931. The van der Waals surface area contributed by atoms with Crippen LogP contribution < -0.4 is 10.1 Å². The second-order valence-corrected chi connectivity index (χ2v) is 5.69. The minimum atomic E-state index is -0.130. The normalized spacial score (nSPS) is 12.9. The topological polar surface area (TPSA) is 64.1 Å². The molecule has 0 unspecified atom stereocenters. The summed E-state index contributed by atoms with van der Waals surface area (Å²) in [4.78, 5) is 12.4. The van der Waals surface area contributed by atoms with E-state index in [0.29, 0.717) is 17.6 Å². The van der Waals surface area contributed by atoms with E-state index in [2.05, 4.69) is 20.1 Å². The highest BCUT2D eigenvalue weighted by molar-refractivity contribution is 7.00. The smallest absolute Gasteiger partial charge is 0.253 e. The van der Waals surface area contributed by atoms with Gasteiger partial charge in [-0.05, 0) is 29.3 Å². The number of nitrogens with zero attached hydrogens (tertiary/aromatic N) is 2. The number of carbonyl (C=O) groups is 1. The molecule has 3 aromatic rings. The lowest BCUT2D eigenvalue weighted by molar-refractivity contribution is 0.0952. The number of ether oxygens (including phenoxy) is 1. The standard InChI is InChI=1S/C16H13N3O2S/c20-16(12-2-1-3-13-15(12)19-22-18-13)17-9-10-4-5-14-11(8-10)6-7-21-14/h1-5,8H,6-7,9H2,(H,17,20). The van der Waals surface area contributed by atoms with Gasteiger partial charge < -0.3 is 10.1 Å². The van der Waals surface area contributed by atoms with E-state index in [4.69, 9.17) is 4.74 Å². The first-order valence-corrected chi connectivity index (χ1v) is 7.78. The van der Waals surface area contributed by atoms with Gasteiger partial charge in [-0.1, -0.05) is 18.2 Å². The van der Waals surface area contributed by atoms with Gasteiger partial charge in [0, 0.05) is 13.0 Å². The maximum atomic E-state index is 12.4. The van der Waals surface area contributed by atoms with Crippen LogP contribution in [0.5, 0.6) is 5.75 Å². The monoisotopic (exact) mass is 311 g/mol. The Bertz CT molecular complexity index is 859. The lowest BCUT2D eigenvalue weighted by Crippen LogP contribution is -2.23. The van der Waals surface area contributed by atoms with Crippen molar-refractivity contribution < 1.29 is 9.53 Å². The zero-order valence-electron chi connectivity index (χ0n) is 11.7. The van der Waals surface area contributed by atoms with Crippen molar-refractivity contribution in [3.8, 4) is 5.75 Å². The van der Waals surface area contributed by atoms with Crippen LogP contribution in [0.2, 0.25) is 0 Å². The molecule has 110 valence electrons. The van der Waals surface area contributed by atoms with Crippen molar-refractivity contribution in [1.29, 1.82) is 0 Å². The molecule has 1 aromatic heterocycles. The van der Waals surface area contributed by atoms with Crippen molar-refractivity contribution >= 4 is 28.7 Å². The maximum Gasteiger partial charge on any atom is 0.253 e. The molecule has 6 heteroatoms. The zero-order chi connectivity index (χ0) is 14.9. The molecule has 2 heterocycles. The van der Waals surface area contributed by atoms with Gasteiger partial charge in [0.15, 0.2) is 0 Å². The minimum absolute atomic E-state index is 0.130. The van der Waals surface area contributed by atoms with Crippen LogP contribution in [0.25, 0.3) is 11.0 Å². The SMILES string of the molecule is O=C(NCc1ccc2c(c1)CCO2)c1cccc2nsnc12. The molecule has 5 nitrogen and oxygen atoms in total. The van der Waals surface area contributed by atoms with Gasteiger partial charge in [0.2, 0.25) is 0 Å². The molecule has 0 saturated carbocycles. The second kappa shape index (κ2) is 5.38. The predicted octanol–water partition coefficient (Wildman–Crippen LogP) is 2.56. The van der Waals surface area contributed by atoms with E-state index in [9.17, 15) is 4.79 Å². The van der Waals surface area contributed by atoms with Crippen LogP contribution in [0.4, 0.5) is 0 Å². The molecule has 1 aliphatic heterocycles. The number of aromatic nitrogens is 2. The minimum Gasteiger partial charge on any atom is -0.493 e. The fourth-order valence-electron chi connectivity index (χ4n) is 2.62. The molecule has 0 spiro atoms. The lowest BCUT2D eigenvalue weighted by Gasteiger charge is -2.07. The molecule has 22 heavy (non-hydrogen) atoms. The molecule has 1 aliphatic rings. The van der Waals surface area contributed by atoms with Gasteiger partial charge in [-0.3, -0.25) is 4.79 Å². The summed E-state index contributed by atoms with van der Waals surface area (Å²) in [7, 11) is 0. The van der Waals surface area contributed by atoms with Gasteiger partial charge in [-0.2, -0.15) is 8.75 Å². The molecule has 0 atom stereocenters. The van der Waals surface area contributed by atoms with Gasteiger partial charge in [0.05, 0.1) is 23.9 Å². The average Bonchev–Trinajstić information content (AvgIpc) is 3.20. The third-order valence-electron chi connectivity index (χ3n) is 3.74. The number of hydrogen-bond donors (Lipinski definition) is 1. The van der Waals surface area contributed by atoms with Crippen LogP contribution >= 0.6 is 11.7 Å². The van der Waals surface area contributed by atoms with E-state index < -0.39 is 0 Å². The third-order valence-corrected chi connectivity index (χ3v) is 4.28. The molecule has 2 aromatic carbocycles. The zero-order valence-corrected chi connectivity index (χ0v) is 12.5. The van der Waals surface area contributed by atoms with Gasteiger partial charge in [-0.15, -0.1) is 0 Å². The lowest BCUT2D eigenvalue weighted by atomic mass is 10.1. The Kier molecular flexibility index (Phi) is 3.23. The Morgan fingerprint density at radius 3 is 3.18 bits per heavy atom. The molecule has 0 aliphatic carbocycles. The van der Waals surface area contributed by atoms with E-state index in [1.54, 1.807) is 6.07 Å². The van der Waals surface area contributed by atoms with Gasteiger partial charge in [0.1, 0.15) is 16.8 Å². The number of benzene rings is 2. The summed E-state index contributed by atoms with van der Waals surface area (Å²) in [5, 5.41) is 2.95. The van der Waals surface area contributed by atoms with Crippen LogP contribution in [-0.4, -0.2) is 21.3 Å². The molecule has 4 rings (SSSR count). The predicted molar refractivity (Wildman–Crippen MR) is 84.2 cm³/mol. The number of nitrogens with one attached hydrogen (secondary N) is 1. The Balaban J connectivity index is 1.52. The van der Waals surface area contributed by atoms with Crippen LogP contribution in [0.1, 0.15) is 21.5 Å². The summed E-state index contributed by atoms with van der Waals surface area (Å²) in [5.41, 5.74) is 4.26. The van der Waals surface area contributed by atoms with Crippen molar-refractivity contribution in [2.75, 3.05) is 6.61 Å². The van der Waals surface area contributed by atoms with Crippen LogP contribution in [0.3, 0.4) is 0 Å². The second-order valence-electron chi connectivity index (χ2n) is 5.16. The highest BCUT2D eigenvalue weighted by atomic mass is 32.1. The summed E-state index contributed by atoms with van der Waals surface area (Å²) < 4.78 is 13.8. The third kappa shape index (κ3) is 2.31. The first-order chi connectivity index (χ1) is 10.8. The van der Waals surface area contributed by atoms with Crippen molar-refractivity contribution in [2.24, 2.45) is 0 Å². The largest absolute Gasteiger partial charge is 0.493 e. The molecule has 0 radical (unpaired) electrons. The molecule has 0 saturated heterocycles. The van der Waals surface area contributed by atoms with Gasteiger partial charge in [-0.25, -0.2) is 0 Å². The first kappa shape index (κ1) is 13.2. The van der Waals surface area contributed by atoms with Crippen molar-refractivity contribution in [1.82, 2.24) is 14.1 Å². The van der Waals surface area contributed by atoms with E-state index in [-0.39, 0.29) is 5.91 Å².